The molecular formula is C12H22N2O3. The van der Waals surface area contributed by atoms with E-state index in [1.54, 1.807) is 11.9 Å². The number of nitrogens with zero attached hydrogens (tertiary/aromatic N) is 2. The third-order valence-corrected chi connectivity index (χ3v) is 3.57. The smallest absolute Gasteiger partial charge is 0.326 e. The second kappa shape index (κ2) is 5.89. The van der Waals surface area contributed by atoms with Crippen LogP contribution in [0.1, 0.15) is 32.6 Å². The van der Waals surface area contributed by atoms with Crippen LogP contribution in [0.2, 0.25) is 0 Å². The topological polar surface area (TPSA) is 60.9 Å². The van der Waals surface area contributed by atoms with Gasteiger partial charge in [-0.1, -0.05) is 12.8 Å². The molecule has 17 heavy (non-hydrogen) atoms. The molecule has 98 valence electrons. The predicted molar refractivity (Wildman–Crippen MR) is 64.8 cm³/mol. The lowest BCUT2D eigenvalue weighted by molar-refractivity contribution is -0.141. The number of rotatable bonds is 4. The SMILES string of the molecule is CC(C(=O)O)N(C)C(=O)N(C)CC1CCCC1. The van der Waals surface area contributed by atoms with Gasteiger partial charge in [0.2, 0.25) is 0 Å². The van der Waals surface area contributed by atoms with Crippen LogP contribution in [0.3, 0.4) is 0 Å². The Balaban J connectivity index is 2.47. The first-order chi connectivity index (χ1) is 7.93. The fraction of sp³-hybridized carbons (Fsp3) is 0.833. The van der Waals surface area contributed by atoms with Crippen molar-refractivity contribution in [1.82, 2.24) is 9.80 Å². The van der Waals surface area contributed by atoms with Crippen molar-refractivity contribution in [3.05, 3.63) is 0 Å². The highest BCUT2D eigenvalue weighted by molar-refractivity contribution is 5.82. The number of amides is 2. The zero-order valence-electron chi connectivity index (χ0n) is 10.8. The molecule has 0 radical (unpaired) electrons. The van der Waals surface area contributed by atoms with Crippen LogP contribution in [0.4, 0.5) is 4.79 Å². The first-order valence-electron chi connectivity index (χ1n) is 6.14. The lowest BCUT2D eigenvalue weighted by Gasteiger charge is -2.29. The molecule has 0 spiro atoms. The minimum atomic E-state index is -0.977. The Morgan fingerprint density at radius 2 is 1.82 bits per heavy atom. The minimum Gasteiger partial charge on any atom is -0.480 e. The van der Waals surface area contributed by atoms with Crippen LogP contribution >= 0.6 is 0 Å². The summed E-state index contributed by atoms with van der Waals surface area (Å²) in [5, 5.41) is 8.85. The molecule has 0 aromatic carbocycles. The molecule has 1 fully saturated rings. The number of carboxylic acid groups (broad SMARTS) is 1. The van der Waals surface area contributed by atoms with Crippen molar-refractivity contribution in [3.8, 4) is 0 Å². The number of urea groups is 1. The number of carbonyl (C=O) groups is 2. The van der Waals surface area contributed by atoms with Crippen LogP contribution in [-0.2, 0) is 4.79 Å². The molecule has 5 nitrogen and oxygen atoms in total. The van der Waals surface area contributed by atoms with Crippen LogP contribution in [0, 0.1) is 5.92 Å². The highest BCUT2D eigenvalue weighted by atomic mass is 16.4. The molecule has 0 aliphatic heterocycles. The molecule has 1 saturated carbocycles. The largest absolute Gasteiger partial charge is 0.480 e. The molecule has 1 unspecified atom stereocenters. The normalized spacial score (nSPS) is 17.8. The summed E-state index contributed by atoms with van der Waals surface area (Å²) >= 11 is 0. The quantitative estimate of drug-likeness (QED) is 0.815. The summed E-state index contributed by atoms with van der Waals surface area (Å²) in [4.78, 5) is 25.7. The molecule has 0 aromatic rings. The van der Waals surface area contributed by atoms with Crippen molar-refractivity contribution in [2.45, 2.75) is 38.6 Å². The Morgan fingerprint density at radius 1 is 1.29 bits per heavy atom. The van der Waals surface area contributed by atoms with Gasteiger partial charge in [0.25, 0.3) is 0 Å². The van der Waals surface area contributed by atoms with Gasteiger partial charge in [-0.3, -0.25) is 0 Å². The first-order valence-corrected chi connectivity index (χ1v) is 6.14. The Labute approximate surface area is 102 Å². The second-order valence-corrected chi connectivity index (χ2v) is 4.94. The van der Waals surface area contributed by atoms with Gasteiger partial charge in [-0.05, 0) is 25.7 Å². The number of hydrogen-bond acceptors (Lipinski definition) is 2. The van der Waals surface area contributed by atoms with Crippen molar-refractivity contribution in [3.63, 3.8) is 0 Å². The van der Waals surface area contributed by atoms with E-state index in [1.165, 1.54) is 44.6 Å². The molecule has 5 heteroatoms. The van der Waals surface area contributed by atoms with Gasteiger partial charge in [-0.2, -0.15) is 0 Å². The van der Waals surface area contributed by atoms with Crippen molar-refractivity contribution in [1.29, 1.82) is 0 Å². The molecule has 1 rings (SSSR count). The Hall–Kier alpha value is -1.26. The Kier molecular flexibility index (Phi) is 4.78. The average Bonchev–Trinajstić information content (AvgIpc) is 2.78. The Morgan fingerprint density at radius 3 is 2.29 bits per heavy atom. The first kappa shape index (κ1) is 13.8. The lowest BCUT2D eigenvalue weighted by Crippen LogP contribution is -2.47. The minimum absolute atomic E-state index is 0.216. The fourth-order valence-corrected chi connectivity index (χ4v) is 2.26. The van der Waals surface area contributed by atoms with E-state index in [0.29, 0.717) is 5.92 Å². The van der Waals surface area contributed by atoms with Gasteiger partial charge in [0.05, 0.1) is 0 Å². The van der Waals surface area contributed by atoms with Gasteiger partial charge in [0, 0.05) is 20.6 Å². The van der Waals surface area contributed by atoms with Gasteiger partial charge < -0.3 is 14.9 Å². The van der Waals surface area contributed by atoms with Gasteiger partial charge in [0.15, 0.2) is 0 Å². The van der Waals surface area contributed by atoms with Crippen LogP contribution in [-0.4, -0.2) is 53.6 Å². The van der Waals surface area contributed by atoms with E-state index >= 15 is 0 Å². The highest BCUT2D eigenvalue weighted by Gasteiger charge is 2.26. The van der Waals surface area contributed by atoms with Gasteiger partial charge in [0.1, 0.15) is 6.04 Å². The van der Waals surface area contributed by atoms with Crippen molar-refractivity contribution in [2.24, 2.45) is 5.92 Å². The number of hydrogen-bond donors (Lipinski definition) is 1. The molecule has 0 aromatic heterocycles. The van der Waals surface area contributed by atoms with Crippen LogP contribution in [0.25, 0.3) is 0 Å². The van der Waals surface area contributed by atoms with E-state index < -0.39 is 12.0 Å². The zero-order chi connectivity index (χ0) is 13.0. The van der Waals surface area contributed by atoms with E-state index in [9.17, 15) is 9.59 Å². The van der Waals surface area contributed by atoms with Crippen LogP contribution < -0.4 is 0 Å². The van der Waals surface area contributed by atoms with Gasteiger partial charge in [-0.25, -0.2) is 9.59 Å². The maximum atomic E-state index is 12.0. The zero-order valence-corrected chi connectivity index (χ0v) is 10.8. The number of aliphatic carboxylic acids is 1. The molecule has 1 N–H and O–H groups in total. The summed E-state index contributed by atoms with van der Waals surface area (Å²) in [6, 6.07) is -1.000. The van der Waals surface area contributed by atoms with E-state index in [2.05, 4.69) is 0 Å². The summed E-state index contributed by atoms with van der Waals surface area (Å²) in [7, 11) is 3.28. The van der Waals surface area contributed by atoms with Crippen molar-refractivity contribution in [2.75, 3.05) is 20.6 Å². The molecule has 0 saturated heterocycles. The molecule has 0 bridgehead atoms. The molecular weight excluding hydrogens is 220 g/mol. The third kappa shape index (κ3) is 3.61. The van der Waals surface area contributed by atoms with E-state index in [1.807, 2.05) is 0 Å². The summed E-state index contributed by atoms with van der Waals surface area (Å²) in [5.74, 6) is -0.396. The van der Waals surface area contributed by atoms with E-state index in [0.717, 1.165) is 6.54 Å². The third-order valence-electron chi connectivity index (χ3n) is 3.57. The highest BCUT2D eigenvalue weighted by Crippen LogP contribution is 2.25. The molecule has 1 aliphatic rings. The number of carbonyl (C=O) groups excluding carboxylic acids is 1. The summed E-state index contributed by atoms with van der Waals surface area (Å²) in [5.41, 5.74) is 0. The van der Waals surface area contributed by atoms with Gasteiger partial charge in [-0.15, -0.1) is 0 Å². The summed E-state index contributed by atoms with van der Waals surface area (Å²) in [6.07, 6.45) is 4.84. The van der Waals surface area contributed by atoms with Crippen molar-refractivity contribution < 1.29 is 14.7 Å². The fourth-order valence-electron chi connectivity index (χ4n) is 2.26. The molecule has 2 amide bonds. The average molecular weight is 242 g/mol. The maximum Gasteiger partial charge on any atom is 0.326 e. The van der Waals surface area contributed by atoms with E-state index in [-0.39, 0.29) is 6.03 Å². The molecule has 1 atom stereocenters. The van der Waals surface area contributed by atoms with Crippen molar-refractivity contribution >= 4 is 12.0 Å². The Bertz CT molecular complexity index is 287. The summed E-state index contributed by atoms with van der Waals surface area (Å²) in [6.45, 7) is 2.25. The van der Waals surface area contributed by atoms with E-state index in [4.69, 9.17) is 5.11 Å². The number of likely N-dealkylation sites (N-methyl/N-ethyl adjacent to an activating group) is 1. The monoisotopic (exact) mass is 242 g/mol. The van der Waals surface area contributed by atoms with Crippen LogP contribution in [0.15, 0.2) is 0 Å². The predicted octanol–water partition coefficient (Wildman–Crippen LogP) is 1.63. The molecule has 1 aliphatic carbocycles. The molecule has 0 heterocycles. The number of carboxylic acids is 1. The van der Waals surface area contributed by atoms with Gasteiger partial charge >= 0.3 is 12.0 Å². The maximum absolute atomic E-state index is 12.0. The summed E-state index contributed by atoms with van der Waals surface area (Å²) < 4.78 is 0. The standard InChI is InChI=1S/C12H22N2O3/c1-9(11(15)16)14(3)12(17)13(2)8-10-6-4-5-7-10/h9-10H,4-8H2,1-3H3,(H,15,16). The van der Waals surface area contributed by atoms with Crippen LogP contribution in [0.5, 0.6) is 0 Å². The lowest BCUT2D eigenvalue weighted by atomic mass is 10.1. The second-order valence-electron chi connectivity index (χ2n) is 4.94.